The van der Waals surface area contributed by atoms with Crippen LogP contribution in [-0.2, 0) is 0 Å². The van der Waals surface area contributed by atoms with Crippen LogP contribution in [0, 0.1) is 5.92 Å². The molecule has 2 amide bonds. The number of anilines is 3. The zero-order chi connectivity index (χ0) is 18.4. The first kappa shape index (κ1) is 18.0. The van der Waals surface area contributed by atoms with E-state index in [1.807, 2.05) is 31.2 Å². The summed E-state index contributed by atoms with van der Waals surface area (Å²) < 4.78 is 5.52. The largest absolute Gasteiger partial charge is 0.492 e. The summed E-state index contributed by atoms with van der Waals surface area (Å²) in [6.45, 7) is 6.66. The molecule has 1 aliphatic heterocycles. The van der Waals surface area contributed by atoms with Gasteiger partial charge in [-0.25, -0.2) is 14.8 Å². The number of benzene rings is 1. The van der Waals surface area contributed by atoms with Crippen molar-refractivity contribution in [2.75, 3.05) is 35.2 Å². The number of rotatable bonds is 5. The van der Waals surface area contributed by atoms with Crippen LogP contribution < -0.4 is 20.3 Å². The van der Waals surface area contributed by atoms with Gasteiger partial charge >= 0.3 is 6.03 Å². The maximum atomic E-state index is 12.3. The van der Waals surface area contributed by atoms with E-state index in [2.05, 4.69) is 32.4 Å². The Labute approximate surface area is 153 Å². The SMILES string of the molecule is CCOc1ccccc1NC(=O)Nc1cc(N2CCC(C)CC2)ncn1. The molecule has 1 saturated heterocycles. The Morgan fingerprint density at radius 3 is 2.77 bits per heavy atom. The molecule has 2 aromatic rings. The van der Waals surface area contributed by atoms with E-state index in [1.165, 1.54) is 6.33 Å². The Kier molecular flexibility index (Phi) is 5.88. The number of hydrogen-bond donors (Lipinski definition) is 2. The van der Waals surface area contributed by atoms with Gasteiger partial charge in [0.25, 0.3) is 0 Å². The lowest BCUT2D eigenvalue weighted by Gasteiger charge is -2.31. The second-order valence-electron chi connectivity index (χ2n) is 6.44. The van der Waals surface area contributed by atoms with Crippen LogP contribution in [0.1, 0.15) is 26.7 Å². The lowest BCUT2D eigenvalue weighted by atomic mass is 9.99. The first-order valence-corrected chi connectivity index (χ1v) is 9.02. The van der Waals surface area contributed by atoms with Gasteiger partial charge in [0, 0.05) is 19.2 Å². The Morgan fingerprint density at radius 2 is 2.00 bits per heavy atom. The average molecular weight is 355 g/mol. The van der Waals surface area contributed by atoms with Gasteiger partial charge in [0.2, 0.25) is 0 Å². The molecule has 1 aliphatic rings. The Balaban J connectivity index is 1.64. The maximum Gasteiger partial charge on any atom is 0.324 e. The van der Waals surface area contributed by atoms with Gasteiger partial charge in [-0.15, -0.1) is 0 Å². The standard InChI is InChI=1S/C19H25N5O2/c1-3-26-16-7-5-4-6-15(16)22-19(25)23-17-12-18(21-13-20-17)24-10-8-14(2)9-11-24/h4-7,12-14H,3,8-11H2,1-2H3,(H2,20,21,22,23,25). The van der Waals surface area contributed by atoms with Gasteiger partial charge in [-0.1, -0.05) is 19.1 Å². The minimum atomic E-state index is -0.367. The number of carbonyl (C=O) groups is 1. The van der Waals surface area contributed by atoms with Crippen molar-refractivity contribution in [2.45, 2.75) is 26.7 Å². The molecule has 1 aromatic carbocycles. The van der Waals surface area contributed by atoms with E-state index in [9.17, 15) is 4.79 Å². The van der Waals surface area contributed by atoms with Crippen LogP contribution in [0.15, 0.2) is 36.7 Å². The fraction of sp³-hybridized carbons (Fsp3) is 0.421. The van der Waals surface area contributed by atoms with Crippen molar-refractivity contribution in [3.8, 4) is 5.75 Å². The van der Waals surface area contributed by atoms with Gasteiger partial charge in [-0.2, -0.15) is 0 Å². The highest BCUT2D eigenvalue weighted by Crippen LogP contribution is 2.24. The summed E-state index contributed by atoms with van der Waals surface area (Å²) in [7, 11) is 0. The van der Waals surface area contributed by atoms with E-state index >= 15 is 0 Å². The van der Waals surface area contributed by atoms with Crippen molar-refractivity contribution in [3.05, 3.63) is 36.7 Å². The number of ether oxygens (including phenoxy) is 1. The summed E-state index contributed by atoms with van der Waals surface area (Å²) in [6, 6.07) is 8.77. The number of piperidine rings is 1. The van der Waals surface area contributed by atoms with Crippen molar-refractivity contribution in [3.63, 3.8) is 0 Å². The van der Waals surface area contributed by atoms with Crippen LogP contribution in [0.5, 0.6) is 5.75 Å². The topological polar surface area (TPSA) is 79.4 Å². The summed E-state index contributed by atoms with van der Waals surface area (Å²) in [4.78, 5) is 23.0. The number of urea groups is 1. The highest BCUT2D eigenvalue weighted by Gasteiger charge is 2.17. The molecule has 0 bridgehead atoms. The Hall–Kier alpha value is -2.83. The number of para-hydroxylation sites is 2. The fourth-order valence-electron chi connectivity index (χ4n) is 2.95. The molecule has 1 fully saturated rings. The van der Waals surface area contributed by atoms with Gasteiger partial charge in [0.05, 0.1) is 12.3 Å². The van der Waals surface area contributed by atoms with E-state index in [1.54, 1.807) is 6.07 Å². The number of aromatic nitrogens is 2. The van der Waals surface area contributed by atoms with E-state index in [4.69, 9.17) is 4.74 Å². The Morgan fingerprint density at radius 1 is 1.23 bits per heavy atom. The highest BCUT2D eigenvalue weighted by atomic mass is 16.5. The molecule has 7 nitrogen and oxygen atoms in total. The third-order valence-electron chi connectivity index (χ3n) is 4.44. The van der Waals surface area contributed by atoms with Crippen LogP contribution in [0.3, 0.4) is 0 Å². The molecule has 3 rings (SSSR count). The number of carbonyl (C=O) groups excluding carboxylic acids is 1. The predicted octanol–water partition coefficient (Wildman–Crippen LogP) is 3.76. The van der Waals surface area contributed by atoms with Crippen LogP contribution in [-0.4, -0.2) is 35.7 Å². The van der Waals surface area contributed by atoms with Gasteiger partial charge < -0.3 is 15.0 Å². The molecule has 0 spiro atoms. The predicted molar refractivity (Wildman–Crippen MR) is 103 cm³/mol. The van der Waals surface area contributed by atoms with Crippen molar-refractivity contribution in [2.24, 2.45) is 5.92 Å². The normalized spacial score (nSPS) is 14.8. The quantitative estimate of drug-likeness (QED) is 0.854. The fourth-order valence-corrected chi connectivity index (χ4v) is 2.95. The smallest absolute Gasteiger partial charge is 0.324 e. The second-order valence-corrected chi connectivity index (χ2v) is 6.44. The molecule has 0 radical (unpaired) electrons. The zero-order valence-electron chi connectivity index (χ0n) is 15.2. The summed E-state index contributed by atoms with van der Waals surface area (Å²) in [5.74, 6) is 2.70. The molecule has 0 aliphatic carbocycles. The summed E-state index contributed by atoms with van der Waals surface area (Å²) in [5.41, 5.74) is 0.617. The minimum Gasteiger partial charge on any atom is -0.492 e. The summed E-state index contributed by atoms with van der Waals surface area (Å²) >= 11 is 0. The molecule has 0 atom stereocenters. The maximum absolute atomic E-state index is 12.3. The van der Waals surface area contributed by atoms with Gasteiger partial charge in [-0.05, 0) is 37.8 Å². The molecule has 2 heterocycles. The van der Waals surface area contributed by atoms with Gasteiger partial charge in [-0.3, -0.25) is 5.32 Å². The highest BCUT2D eigenvalue weighted by molar-refractivity contribution is 6.00. The van der Waals surface area contributed by atoms with Crippen LogP contribution >= 0.6 is 0 Å². The number of amides is 2. The summed E-state index contributed by atoms with van der Waals surface area (Å²) in [5, 5.41) is 5.56. The zero-order valence-corrected chi connectivity index (χ0v) is 15.2. The molecule has 2 N–H and O–H groups in total. The molecule has 1 aromatic heterocycles. The van der Waals surface area contributed by atoms with E-state index in [-0.39, 0.29) is 6.03 Å². The van der Waals surface area contributed by atoms with Crippen molar-refractivity contribution >= 4 is 23.4 Å². The summed E-state index contributed by atoms with van der Waals surface area (Å²) in [6.07, 6.45) is 3.79. The van der Waals surface area contributed by atoms with Crippen molar-refractivity contribution < 1.29 is 9.53 Å². The third-order valence-corrected chi connectivity index (χ3v) is 4.44. The van der Waals surface area contributed by atoms with Crippen LogP contribution in [0.4, 0.5) is 22.1 Å². The van der Waals surface area contributed by atoms with Gasteiger partial charge in [0.15, 0.2) is 0 Å². The van der Waals surface area contributed by atoms with Crippen molar-refractivity contribution in [1.29, 1.82) is 0 Å². The van der Waals surface area contributed by atoms with Crippen molar-refractivity contribution in [1.82, 2.24) is 9.97 Å². The number of nitrogens with zero attached hydrogens (tertiary/aromatic N) is 3. The van der Waals surface area contributed by atoms with E-state index in [0.717, 1.165) is 37.7 Å². The molecule has 0 saturated carbocycles. The number of nitrogens with one attached hydrogen (secondary N) is 2. The van der Waals surface area contributed by atoms with Crippen LogP contribution in [0.25, 0.3) is 0 Å². The average Bonchev–Trinajstić information content (AvgIpc) is 2.64. The van der Waals surface area contributed by atoms with E-state index in [0.29, 0.717) is 23.9 Å². The monoisotopic (exact) mass is 355 g/mol. The minimum absolute atomic E-state index is 0.367. The number of hydrogen-bond acceptors (Lipinski definition) is 5. The van der Waals surface area contributed by atoms with E-state index < -0.39 is 0 Å². The first-order chi connectivity index (χ1) is 12.7. The van der Waals surface area contributed by atoms with Crippen LogP contribution in [0.2, 0.25) is 0 Å². The second kappa shape index (κ2) is 8.51. The molecule has 0 unspecified atom stereocenters. The molecule has 26 heavy (non-hydrogen) atoms. The first-order valence-electron chi connectivity index (χ1n) is 9.02. The molecular formula is C19H25N5O2. The lowest BCUT2D eigenvalue weighted by Crippen LogP contribution is -2.33. The van der Waals surface area contributed by atoms with Gasteiger partial charge in [0.1, 0.15) is 23.7 Å². The lowest BCUT2D eigenvalue weighted by molar-refractivity contribution is 0.262. The Bertz CT molecular complexity index is 744. The molecule has 7 heteroatoms. The third kappa shape index (κ3) is 4.62. The molecular weight excluding hydrogens is 330 g/mol. The molecule has 138 valence electrons.